The average molecular weight is 458 g/mol. The summed E-state index contributed by atoms with van der Waals surface area (Å²) in [6, 6.07) is 10.6. The third-order valence-corrected chi connectivity index (χ3v) is 5.34. The van der Waals surface area contributed by atoms with E-state index in [9.17, 15) is 14.9 Å². The molecule has 0 spiro atoms. The predicted molar refractivity (Wildman–Crippen MR) is 123 cm³/mol. The number of amides is 1. The van der Waals surface area contributed by atoms with E-state index in [1.54, 1.807) is 19.9 Å². The van der Waals surface area contributed by atoms with Crippen LogP contribution in [0.5, 0.6) is 11.5 Å². The maximum Gasteiger partial charge on any atom is 0.315 e. The zero-order valence-corrected chi connectivity index (χ0v) is 18.9. The second kappa shape index (κ2) is 10.1. The number of fused-ring (bicyclic) bond motifs is 1. The van der Waals surface area contributed by atoms with Crippen LogP contribution in [-0.2, 0) is 11.8 Å². The minimum Gasteiger partial charge on any atom is -0.493 e. The number of nitro groups is 1. The molecule has 11 heteroatoms. The molecule has 1 aromatic heterocycles. The van der Waals surface area contributed by atoms with Gasteiger partial charge in [0, 0.05) is 18.7 Å². The maximum atomic E-state index is 12.2. The number of benzene rings is 2. The number of nitrogens with one attached hydrogen (secondary N) is 1. The lowest BCUT2D eigenvalue weighted by molar-refractivity contribution is -0.386. The van der Waals surface area contributed by atoms with E-state index in [1.165, 1.54) is 31.2 Å². The van der Waals surface area contributed by atoms with Crippen molar-refractivity contribution >= 4 is 40.6 Å². The van der Waals surface area contributed by atoms with E-state index in [2.05, 4.69) is 15.5 Å². The molecule has 0 aliphatic heterocycles. The van der Waals surface area contributed by atoms with E-state index in [0.29, 0.717) is 10.7 Å². The summed E-state index contributed by atoms with van der Waals surface area (Å²) in [6.07, 6.45) is 1.04. The average Bonchev–Trinajstić information content (AvgIpc) is 3.08. The molecule has 0 radical (unpaired) electrons. The zero-order valence-electron chi connectivity index (χ0n) is 18.1. The highest BCUT2D eigenvalue weighted by atomic mass is 32.2. The lowest BCUT2D eigenvalue weighted by atomic mass is 10.2. The van der Waals surface area contributed by atoms with Gasteiger partial charge in [0.15, 0.2) is 10.9 Å². The summed E-state index contributed by atoms with van der Waals surface area (Å²) in [5.74, 6) is 0.0317. The quantitative estimate of drug-likeness (QED) is 0.226. The maximum absolute atomic E-state index is 12.2. The Morgan fingerprint density at radius 1 is 1.38 bits per heavy atom. The number of hydrogen-bond donors (Lipinski definition) is 1. The number of aryl methyl sites for hydroxylation is 1. The number of carbonyl (C=O) groups excluding carboxylic acids is 1. The Hall–Kier alpha value is -3.60. The highest BCUT2D eigenvalue weighted by molar-refractivity contribution is 7.99. The highest BCUT2D eigenvalue weighted by Gasteiger charge is 2.23. The Morgan fingerprint density at radius 2 is 2.12 bits per heavy atom. The van der Waals surface area contributed by atoms with Gasteiger partial charge >= 0.3 is 5.69 Å². The van der Waals surface area contributed by atoms with Gasteiger partial charge in [-0.2, -0.15) is 5.10 Å². The molecule has 1 N–H and O–H groups in total. The topological polar surface area (TPSA) is 121 Å². The van der Waals surface area contributed by atoms with Crippen molar-refractivity contribution < 1.29 is 19.2 Å². The predicted octanol–water partition coefficient (Wildman–Crippen LogP) is 3.52. The second-order valence-corrected chi connectivity index (χ2v) is 7.96. The van der Waals surface area contributed by atoms with Crippen LogP contribution in [-0.4, -0.2) is 45.6 Å². The number of para-hydroxylation sites is 2. The molecule has 10 nitrogen and oxygen atoms in total. The Bertz CT molecular complexity index is 1170. The molecule has 0 aliphatic carbocycles. The van der Waals surface area contributed by atoms with Crippen molar-refractivity contribution in [3.8, 4) is 11.5 Å². The number of nitrogens with zero attached hydrogens (tertiary/aromatic N) is 4. The Labute approximate surface area is 188 Å². The van der Waals surface area contributed by atoms with Crippen LogP contribution < -0.4 is 14.9 Å². The summed E-state index contributed by atoms with van der Waals surface area (Å²) in [5.41, 5.74) is 4.39. The van der Waals surface area contributed by atoms with Gasteiger partial charge in [-0.05, 0) is 32.0 Å². The normalized spacial score (nSPS) is 11.3. The number of nitro benzene ring substituents is 1. The van der Waals surface area contributed by atoms with Crippen molar-refractivity contribution in [2.45, 2.75) is 25.1 Å². The molecule has 0 atom stereocenters. The number of methoxy groups -OCH3 is 1. The third-order valence-electron chi connectivity index (χ3n) is 4.31. The largest absolute Gasteiger partial charge is 0.493 e. The van der Waals surface area contributed by atoms with Crippen LogP contribution in [0, 0.1) is 10.1 Å². The number of rotatable bonds is 9. The molecule has 1 amide bonds. The summed E-state index contributed by atoms with van der Waals surface area (Å²) in [6.45, 7) is 3.53. The summed E-state index contributed by atoms with van der Waals surface area (Å²) in [7, 11) is 3.29. The summed E-state index contributed by atoms with van der Waals surface area (Å²) >= 11 is 1.29. The first kappa shape index (κ1) is 23.1. The molecular formula is C21H23N5O5S. The standard InChI is InChI=1S/C21H23N5O5S/c1-13(2)31-20-17(26(28)29)9-14(10-18(20)30-4)11-22-24-19(27)12-32-21-23-15-7-5-6-8-16(15)25(21)3/h5-11,13H,12H2,1-4H3,(H,24,27)/b22-11-. The number of thioether (sulfide) groups is 1. The first-order chi connectivity index (χ1) is 15.3. The number of ether oxygens (including phenoxy) is 2. The first-order valence-corrected chi connectivity index (χ1v) is 10.7. The molecule has 0 fully saturated rings. The van der Waals surface area contributed by atoms with Crippen molar-refractivity contribution in [2.24, 2.45) is 12.1 Å². The number of hydrogen-bond acceptors (Lipinski definition) is 8. The lowest BCUT2D eigenvalue weighted by Crippen LogP contribution is -2.20. The van der Waals surface area contributed by atoms with Crippen molar-refractivity contribution in [1.29, 1.82) is 0 Å². The summed E-state index contributed by atoms with van der Waals surface area (Å²) in [4.78, 5) is 27.6. The van der Waals surface area contributed by atoms with E-state index in [0.717, 1.165) is 11.0 Å². The van der Waals surface area contributed by atoms with Gasteiger partial charge in [-0.1, -0.05) is 23.9 Å². The van der Waals surface area contributed by atoms with Gasteiger partial charge in [-0.15, -0.1) is 0 Å². The monoisotopic (exact) mass is 457 g/mol. The zero-order chi connectivity index (χ0) is 23.3. The van der Waals surface area contributed by atoms with E-state index < -0.39 is 4.92 Å². The van der Waals surface area contributed by atoms with E-state index >= 15 is 0 Å². The van der Waals surface area contributed by atoms with Gasteiger partial charge in [-0.3, -0.25) is 14.9 Å². The third kappa shape index (κ3) is 5.35. The molecule has 0 saturated carbocycles. The van der Waals surface area contributed by atoms with Crippen molar-refractivity contribution in [1.82, 2.24) is 15.0 Å². The van der Waals surface area contributed by atoms with Gasteiger partial charge in [0.25, 0.3) is 5.91 Å². The molecule has 0 saturated heterocycles. The Kier molecular flexibility index (Phi) is 7.31. The molecule has 0 bridgehead atoms. The SMILES string of the molecule is COc1cc(/C=N\NC(=O)CSc2nc3ccccc3n2C)cc([N+](=O)[O-])c1OC(C)C. The minimum atomic E-state index is -0.552. The van der Waals surface area contributed by atoms with Crippen molar-refractivity contribution in [3.63, 3.8) is 0 Å². The lowest BCUT2D eigenvalue weighted by Gasteiger charge is -2.14. The second-order valence-electron chi connectivity index (χ2n) is 7.02. The smallest absolute Gasteiger partial charge is 0.315 e. The van der Waals surface area contributed by atoms with Crippen molar-refractivity contribution in [3.05, 3.63) is 52.1 Å². The van der Waals surface area contributed by atoms with E-state index in [4.69, 9.17) is 9.47 Å². The summed E-state index contributed by atoms with van der Waals surface area (Å²) in [5, 5.41) is 16.1. The van der Waals surface area contributed by atoms with Crippen LogP contribution >= 0.6 is 11.8 Å². The number of carbonyl (C=O) groups is 1. The fourth-order valence-electron chi connectivity index (χ4n) is 2.92. The van der Waals surface area contributed by atoms with Crippen molar-refractivity contribution in [2.75, 3.05) is 12.9 Å². The first-order valence-electron chi connectivity index (χ1n) is 9.69. The minimum absolute atomic E-state index is 0.0486. The molecule has 3 rings (SSSR count). The van der Waals surface area contributed by atoms with Gasteiger partial charge in [0.05, 0.1) is 41.1 Å². The molecular weight excluding hydrogens is 434 g/mol. The van der Waals surface area contributed by atoms with E-state index in [1.807, 2.05) is 35.9 Å². The molecule has 2 aromatic carbocycles. The van der Waals surface area contributed by atoms with Gasteiger partial charge in [-0.25, -0.2) is 10.4 Å². The molecule has 0 aliphatic rings. The molecule has 3 aromatic rings. The van der Waals surface area contributed by atoms with Crippen LogP contribution in [0.15, 0.2) is 46.7 Å². The highest BCUT2D eigenvalue weighted by Crippen LogP contribution is 2.38. The Morgan fingerprint density at radius 3 is 2.78 bits per heavy atom. The van der Waals surface area contributed by atoms with Crippen LogP contribution in [0.4, 0.5) is 5.69 Å². The Balaban J connectivity index is 1.66. The fraction of sp³-hybridized carbons (Fsp3) is 0.286. The summed E-state index contributed by atoms with van der Waals surface area (Å²) < 4.78 is 12.7. The molecule has 0 unspecified atom stereocenters. The van der Waals surface area contributed by atoms with E-state index in [-0.39, 0.29) is 35.0 Å². The molecule has 168 valence electrons. The fourth-order valence-corrected chi connectivity index (χ4v) is 3.70. The van der Waals surface area contributed by atoms with Gasteiger partial charge in [0.1, 0.15) is 0 Å². The molecule has 32 heavy (non-hydrogen) atoms. The molecule has 1 heterocycles. The van der Waals surface area contributed by atoms with Gasteiger partial charge < -0.3 is 14.0 Å². The number of aromatic nitrogens is 2. The van der Waals surface area contributed by atoms with Crippen LogP contribution in [0.3, 0.4) is 0 Å². The van der Waals surface area contributed by atoms with Crippen LogP contribution in [0.2, 0.25) is 0 Å². The van der Waals surface area contributed by atoms with Gasteiger partial charge in [0.2, 0.25) is 5.75 Å². The van der Waals surface area contributed by atoms with Crippen LogP contribution in [0.25, 0.3) is 11.0 Å². The number of hydrazone groups is 1. The number of imidazole rings is 1. The van der Waals surface area contributed by atoms with Crippen LogP contribution in [0.1, 0.15) is 19.4 Å².